The van der Waals surface area contributed by atoms with Gasteiger partial charge >= 0.3 is 39.5 Å². The topological polar surface area (TPSA) is 237 Å². The Labute approximate surface area is 562 Å². The highest BCUT2D eigenvalue weighted by Gasteiger charge is 2.30. The number of hydrogen-bond donors (Lipinski definition) is 3. The van der Waals surface area contributed by atoms with Gasteiger partial charge in [-0.1, -0.05) is 318 Å². The first kappa shape index (κ1) is 90.1. The maximum absolute atomic E-state index is 13.1. The van der Waals surface area contributed by atoms with Gasteiger partial charge in [0, 0.05) is 25.7 Å². The molecule has 0 saturated carbocycles. The van der Waals surface area contributed by atoms with E-state index in [0.29, 0.717) is 31.6 Å². The molecule has 0 aromatic carbocycles. The highest BCUT2D eigenvalue weighted by Crippen LogP contribution is 2.45. The number of hydrogen-bond acceptors (Lipinski definition) is 15. The molecule has 0 aromatic rings. The molecular weight excluding hydrogens is 1210 g/mol. The van der Waals surface area contributed by atoms with Crippen LogP contribution in [0.4, 0.5) is 0 Å². The summed E-state index contributed by atoms with van der Waals surface area (Å²) in [5.74, 6) is 0.132. The number of carbonyl (C=O) groups is 4. The van der Waals surface area contributed by atoms with E-state index in [2.05, 4.69) is 48.5 Å². The summed E-state index contributed by atoms with van der Waals surface area (Å²) in [6.45, 7) is 11.8. The van der Waals surface area contributed by atoms with Gasteiger partial charge in [-0.2, -0.15) is 0 Å². The minimum atomic E-state index is -4.95. The first-order valence-electron chi connectivity index (χ1n) is 37.8. The predicted molar refractivity (Wildman–Crippen MR) is 372 cm³/mol. The Bertz CT molecular complexity index is 1800. The number of aliphatic hydroxyl groups is 1. The lowest BCUT2D eigenvalue weighted by Gasteiger charge is -2.21. The van der Waals surface area contributed by atoms with E-state index < -0.39 is 97.5 Å². The van der Waals surface area contributed by atoms with Crippen molar-refractivity contribution in [3.05, 3.63) is 0 Å². The fourth-order valence-corrected chi connectivity index (χ4v) is 12.7. The van der Waals surface area contributed by atoms with Gasteiger partial charge in [0.15, 0.2) is 12.2 Å². The van der Waals surface area contributed by atoms with Gasteiger partial charge in [0.2, 0.25) is 0 Å². The summed E-state index contributed by atoms with van der Waals surface area (Å²) < 4.78 is 68.4. The number of esters is 4. The third-order valence-electron chi connectivity index (χ3n) is 16.9. The summed E-state index contributed by atoms with van der Waals surface area (Å²) >= 11 is 0. The number of unbranched alkanes of at least 4 members (excludes halogenated alkanes) is 39. The Morgan fingerprint density at radius 3 is 0.739 bits per heavy atom. The Balaban J connectivity index is 5.26. The zero-order chi connectivity index (χ0) is 68.0. The second-order valence-corrected chi connectivity index (χ2v) is 30.7. The Morgan fingerprint density at radius 2 is 0.500 bits per heavy atom. The summed E-state index contributed by atoms with van der Waals surface area (Å²) in [6.07, 6.45) is 48.5. The van der Waals surface area contributed by atoms with Crippen molar-refractivity contribution in [1.82, 2.24) is 0 Å². The number of phosphoric ester groups is 2. The molecule has 0 saturated heterocycles. The van der Waals surface area contributed by atoms with Gasteiger partial charge in [0.25, 0.3) is 0 Å². The van der Waals surface area contributed by atoms with E-state index in [9.17, 15) is 43.2 Å². The van der Waals surface area contributed by atoms with E-state index in [4.69, 9.17) is 37.0 Å². The number of rotatable bonds is 71. The zero-order valence-electron chi connectivity index (χ0n) is 60.0. The van der Waals surface area contributed by atoms with Gasteiger partial charge in [-0.15, -0.1) is 0 Å². The van der Waals surface area contributed by atoms with Crippen LogP contribution in [0.1, 0.15) is 370 Å². The molecule has 0 radical (unpaired) electrons. The van der Waals surface area contributed by atoms with Crippen LogP contribution in [0.25, 0.3) is 0 Å². The zero-order valence-corrected chi connectivity index (χ0v) is 61.8. The molecule has 0 aliphatic carbocycles. The van der Waals surface area contributed by atoms with Crippen LogP contribution in [0, 0.1) is 17.8 Å². The number of aliphatic hydroxyl groups excluding tert-OH is 1. The van der Waals surface area contributed by atoms with Gasteiger partial charge in [-0.05, 0) is 43.4 Å². The normalized spacial score (nSPS) is 14.1. The third-order valence-corrected chi connectivity index (χ3v) is 18.8. The Hall–Kier alpha value is -1.94. The molecule has 0 aliphatic rings. The van der Waals surface area contributed by atoms with Crippen LogP contribution < -0.4 is 0 Å². The Morgan fingerprint density at radius 1 is 0.293 bits per heavy atom. The largest absolute Gasteiger partial charge is 0.472 e. The molecule has 0 spiro atoms. The number of ether oxygens (including phenoxy) is 4. The average Bonchev–Trinajstić information content (AvgIpc) is 1.59. The van der Waals surface area contributed by atoms with Crippen molar-refractivity contribution >= 4 is 39.5 Å². The van der Waals surface area contributed by atoms with Crippen LogP contribution in [-0.2, 0) is 65.4 Å². The summed E-state index contributed by atoms with van der Waals surface area (Å²) in [4.78, 5) is 72.7. The minimum Gasteiger partial charge on any atom is -0.462 e. The molecule has 0 heterocycles. The van der Waals surface area contributed by atoms with Crippen LogP contribution in [-0.4, -0.2) is 96.7 Å². The minimum absolute atomic E-state index is 0.106. The monoisotopic (exact) mass is 1350 g/mol. The van der Waals surface area contributed by atoms with E-state index in [0.717, 1.165) is 108 Å². The van der Waals surface area contributed by atoms with Gasteiger partial charge in [0.05, 0.1) is 26.4 Å². The smallest absolute Gasteiger partial charge is 0.462 e. The first-order valence-corrected chi connectivity index (χ1v) is 40.8. The molecule has 5 atom stereocenters. The summed E-state index contributed by atoms with van der Waals surface area (Å²) in [7, 11) is -9.91. The standard InChI is InChI=1S/C73H142O17P2/c1-8-9-10-11-12-13-14-15-21-27-34-42-49-56-72(77)90-69(61-84-71(76)55-48-41-36-29-32-39-46-53-66(6)7)63-88-92(81,82)86-59-67(74)58-85-91(79,80)87-62-68(60-83-70(75)54-47-40-33-26-23-18-20-25-31-38-45-52-65(4)5)89-73(78)57-50-43-35-28-22-17-16-19-24-30-37-44-51-64(2)3/h64-69,74H,8-63H2,1-7H3,(H,79,80)(H,81,82)/t67-,68-,69-/m1/s1. The van der Waals surface area contributed by atoms with Gasteiger partial charge in [-0.25, -0.2) is 9.13 Å². The van der Waals surface area contributed by atoms with Crippen molar-refractivity contribution in [1.29, 1.82) is 0 Å². The molecule has 92 heavy (non-hydrogen) atoms. The average molecular weight is 1350 g/mol. The van der Waals surface area contributed by atoms with Crippen molar-refractivity contribution in [2.24, 2.45) is 17.8 Å². The number of carbonyl (C=O) groups excluding carboxylic acids is 4. The van der Waals surface area contributed by atoms with Crippen LogP contribution in [0.2, 0.25) is 0 Å². The first-order chi connectivity index (χ1) is 44.2. The van der Waals surface area contributed by atoms with Crippen molar-refractivity contribution in [3.8, 4) is 0 Å². The van der Waals surface area contributed by atoms with Gasteiger partial charge in [0.1, 0.15) is 19.3 Å². The van der Waals surface area contributed by atoms with E-state index in [1.807, 2.05) is 0 Å². The highest BCUT2D eigenvalue weighted by atomic mass is 31.2. The van der Waals surface area contributed by atoms with Crippen molar-refractivity contribution in [2.75, 3.05) is 39.6 Å². The molecule has 0 aromatic heterocycles. The fourth-order valence-electron chi connectivity index (χ4n) is 11.1. The summed E-state index contributed by atoms with van der Waals surface area (Å²) in [6, 6.07) is 0. The van der Waals surface area contributed by atoms with E-state index >= 15 is 0 Å². The van der Waals surface area contributed by atoms with Crippen LogP contribution >= 0.6 is 15.6 Å². The molecule has 0 aliphatic heterocycles. The SMILES string of the molecule is CCCCCCCCCCCCCCCC(=O)O[C@H](COC(=O)CCCCCCCCCC(C)C)COP(=O)(O)OC[C@H](O)COP(=O)(O)OC[C@@H](COC(=O)CCCCCCCCCCCCCC(C)C)OC(=O)CCCCCCCCCCCCCCC(C)C. The highest BCUT2D eigenvalue weighted by molar-refractivity contribution is 7.47. The van der Waals surface area contributed by atoms with E-state index in [-0.39, 0.29) is 25.7 Å². The second kappa shape index (κ2) is 63.8. The molecule has 0 rings (SSSR count). The molecule has 0 fully saturated rings. The maximum Gasteiger partial charge on any atom is 0.472 e. The summed E-state index contributed by atoms with van der Waals surface area (Å²) in [5, 5.41) is 10.6. The fraction of sp³-hybridized carbons (Fsp3) is 0.945. The quantitative estimate of drug-likeness (QED) is 0.0222. The van der Waals surface area contributed by atoms with Crippen molar-refractivity contribution in [3.63, 3.8) is 0 Å². The molecule has 17 nitrogen and oxygen atoms in total. The molecule has 546 valence electrons. The van der Waals surface area contributed by atoms with Crippen LogP contribution in [0.15, 0.2) is 0 Å². The van der Waals surface area contributed by atoms with Gasteiger partial charge in [-0.3, -0.25) is 37.3 Å². The van der Waals surface area contributed by atoms with Gasteiger partial charge < -0.3 is 33.8 Å². The lowest BCUT2D eigenvalue weighted by Crippen LogP contribution is -2.30. The van der Waals surface area contributed by atoms with E-state index in [1.54, 1.807) is 0 Å². The lowest BCUT2D eigenvalue weighted by atomic mass is 10.0. The van der Waals surface area contributed by atoms with Crippen molar-refractivity contribution in [2.45, 2.75) is 388 Å². The summed E-state index contributed by atoms with van der Waals surface area (Å²) in [5.41, 5.74) is 0. The lowest BCUT2D eigenvalue weighted by molar-refractivity contribution is -0.161. The third kappa shape index (κ3) is 66.7. The molecule has 2 unspecified atom stereocenters. The molecule has 3 N–H and O–H groups in total. The molecule has 0 bridgehead atoms. The molecular formula is C73H142O17P2. The van der Waals surface area contributed by atoms with Crippen molar-refractivity contribution < 1.29 is 80.2 Å². The predicted octanol–water partition coefficient (Wildman–Crippen LogP) is 21.0. The van der Waals surface area contributed by atoms with Crippen LogP contribution in [0.5, 0.6) is 0 Å². The molecule has 19 heteroatoms. The second-order valence-electron chi connectivity index (χ2n) is 27.8. The Kier molecular flexibility index (Phi) is 62.4. The number of phosphoric acid groups is 2. The van der Waals surface area contributed by atoms with E-state index in [1.165, 1.54) is 173 Å². The maximum atomic E-state index is 13.1. The molecule has 0 amide bonds. The van der Waals surface area contributed by atoms with Crippen LogP contribution in [0.3, 0.4) is 0 Å².